The van der Waals surface area contributed by atoms with Crippen LogP contribution in [0.15, 0.2) is 36.7 Å². The molecular weight excluding hydrogens is 268 g/mol. The molecule has 1 unspecified atom stereocenters. The number of ether oxygens (including phenoxy) is 1. The maximum absolute atomic E-state index is 10.1. The fourth-order valence-corrected chi connectivity index (χ4v) is 2.26. The molecule has 21 heavy (non-hydrogen) atoms. The molecular formula is C15H22N4O2. The number of benzene rings is 1. The summed E-state index contributed by atoms with van der Waals surface area (Å²) in [5.41, 5.74) is 7.35. The summed E-state index contributed by atoms with van der Waals surface area (Å²) in [6, 6.07) is 7.92. The minimum atomic E-state index is -0.500. The number of hydrogen-bond acceptors (Lipinski definition) is 5. The largest absolute Gasteiger partial charge is 0.497 e. The number of nitrogens with zero attached hydrogens (tertiary/aromatic N) is 3. The van der Waals surface area contributed by atoms with Crippen LogP contribution >= 0.6 is 0 Å². The first kappa shape index (κ1) is 15.3. The molecule has 2 aromatic rings. The Morgan fingerprint density at radius 3 is 2.95 bits per heavy atom. The molecule has 2 rings (SSSR count). The van der Waals surface area contributed by atoms with E-state index < -0.39 is 6.10 Å². The molecule has 1 aromatic heterocycles. The van der Waals surface area contributed by atoms with Crippen LogP contribution in [0.3, 0.4) is 0 Å². The molecule has 0 saturated carbocycles. The highest BCUT2D eigenvalue weighted by molar-refractivity contribution is 5.30. The van der Waals surface area contributed by atoms with Crippen LogP contribution in [0.2, 0.25) is 0 Å². The number of hydrogen-bond donors (Lipinski definition) is 2. The average Bonchev–Trinajstić information content (AvgIpc) is 2.83. The topological polar surface area (TPSA) is 76.5 Å². The molecule has 6 nitrogen and oxygen atoms in total. The maximum atomic E-state index is 10.1. The number of aromatic nitrogens is 2. The van der Waals surface area contributed by atoms with E-state index in [1.807, 2.05) is 31.3 Å². The minimum absolute atomic E-state index is 0.430. The number of methoxy groups -OCH3 is 1. The molecule has 114 valence electrons. The van der Waals surface area contributed by atoms with Gasteiger partial charge >= 0.3 is 0 Å². The van der Waals surface area contributed by atoms with Crippen molar-refractivity contribution in [3.8, 4) is 5.75 Å². The van der Waals surface area contributed by atoms with Crippen LogP contribution in [0.1, 0.15) is 5.56 Å². The van der Waals surface area contributed by atoms with E-state index in [4.69, 9.17) is 10.5 Å². The Morgan fingerprint density at radius 2 is 2.29 bits per heavy atom. The van der Waals surface area contributed by atoms with E-state index in [1.165, 1.54) is 0 Å². The number of aliphatic hydroxyl groups excluding tert-OH is 1. The number of rotatable bonds is 7. The summed E-state index contributed by atoms with van der Waals surface area (Å²) in [6.07, 6.45) is 2.79. The predicted molar refractivity (Wildman–Crippen MR) is 82.0 cm³/mol. The minimum Gasteiger partial charge on any atom is -0.497 e. The van der Waals surface area contributed by atoms with Crippen molar-refractivity contribution in [2.24, 2.45) is 0 Å². The van der Waals surface area contributed by atoms with E-state index in [9.17, 15) is 5.11 Å². The first-order valence-corrected chi connectivity index (χ1v) is 6.84. The highest BCUT2D eigenvalue weighted by Crippen LogP contribution is 2.14. The summed E-state index contributed by atoms with van der Waals surface area (Å²) in [6.45, 7) is 1.73. The third-order valence-electron chi connectivity index (χ3n) is 3.16. The zero-order chi connectivity index (χ0) is 15.2. The second kappa shape index (κ2) is 7.10. The lowest BCUT2D eigenvalue weighted by atomic mass is 10.2. The van der Waals surface area contributed by atoms with Gasteiger partial charge in [-0.15, -0.1) is 0 Å². The molecule has 0 saturated heterocycles. The Bertz CT molecular complexity index is 570. The van der Waals surface area contributed by atoms with Gasteiger partial charge < -0.3 is 15.6 Å². The molecule has 0 radical (unpaired) electrons. The molecule has 0 fully saturated rings. The number of nitrogen functional groups attached to an aromatic ring is 1. The van der Waals surface area contributed by atoms with Crippen LogP contribution in [0, 0.1) is 0 Å². The van der Waals surface area contributed by atoms with Crippen molar-refractivity contribution in [2.75, 3.05) is 26.4 Å². The summed E-state index contributed by atoms with van der Waals surface area (Å²) in [4.78, 5) is 2.06. The van der Waals surface area contributed by atoms with E-state index in [2.05, 4.69) is 10.00 Å². The fourth-order valence-electron chi connectivity index (χ4n) is 2.26. The Kier molecular flexibility index (Phi) is 5.19. The highest BCUT2D eigenvalue weighted by Gasteiger charge is 2.10. The molecule has 0 aliphatic carbocycles. The Morgan fingerprint density at radius 1 is 1.48 bits per heavy atom. The third kappa shape index (κ3) is 4.77. The van der Waals surface area contributed by atoms with E-state index in [-0.39, 0.29) is 0 Å². The van der Waals surface area contributed by atoms with Crippen molar-refractivity contribution in [1.82, 2.24) is 14.7 Å². The zero-order valence-corrected chi connectivity index (χ0v) is 12.4. The van der Waals surface area contributed by atoms with Crippen LogP contribution in [0.4, 0.5) is 5.69 Å². The first-order valence-electron chi connectivity index (χ1n) is 6.84. The summed E-state index contributed by atoms with van der Waals surface area (Å²) < 4.78 is 6.86. The van der Waals surface area contributed by atoms with E-state index in [0.29, 0.717) is 18.8 Å². The second-order valence-corrected chi connectivity index (χ2v) is 5.20. The monoisotopic (exact) mass is 290 g/mol. The van der Waals surface area contributed by atoms with Crippen LogP contribution in [0.25, 0.3) is 0 Å². The van der Waals surface area contributed by atoms with Crippen molar-refractivity contribution in [3.05, 3.63) is 42.2 Å². The standard InChI is InChI=1S/C15H22N4O2/c1-18(8-12-4-3-5-15(6-12)21-2)10-14(20)11-19-9-13(16)7-17-19/h3-7,9,14,20H,8,10-11,16H2,1-2H3. The number of anilines is 1. The lowest BCUT2D eigenvalue weighted by Gasteiger charge is -2.20. The Hall–Kier alpha value is -2.05. The van der Waals surface area contributed by atoms with Crippen LogP contribution < -0.4 is 10.5 Å². The maximum Gasteiger partial charge on any atom is 0.119 e. The Labute approximate surface area is 124 Å². The molecule has 0 aliphatic rings. The zero-order valence-electron chi connectivity index (χ0n) is 12.4. The third-order valence-corrected chi connectivity index (χ3v) is 3.16. The van der Waals surface area contributed by atoms with Crippen LogP contribution in [0.5, 0.6) is 5.75 Å². The summed E-state index contributed by atoms with van der Waals surface area (Å²) in [5.74, 6) is 0.841. The molecule has 3 N–H and O–H groups in total. The van der Waals surface area contributed by atoms with Gasteiger partial charge in [0.15, 0.2) is 0 Å². The lowest BCUT2D eigenvalue weighted by Crippen LogP contribution is -2.31. The highest BCUT2D eigenvalue weighted by atomic mass is 16.5. The van der Waals surface area contributed by atoms with Gasteiger partial charge in [-0.1, -0.05) is 12.1 Å². The van der Waals surface area contributed by atoms with Crippen molar-refractivity contribution in [3.63, 3.8) is 0 Å². The lowest BCUT2D eigenvalue weighted by molar-refractivity contribution is 0.104. The summed E-state index contributed by atoms with van der Waals surface area (Å²) in [7, 11) is 3.63. The molecule has 1 atom stereocenters. The first-order chi connectivity index (χ1) is 10.1. The molecule has 6 heteroatoms. The van der Waals surface area contributed by atoms with Gasteiger partial charge in [0, 0.05) is 19.3 Å². The van der Waals surface area contributed by atoms with Crippen molar-refractivity contribution >= 4 is 5.69 Å². The smallest absolute Gasteiger partial charge is 0.119 e. The normalized spacial score (nSPS) is 12.6. The van der Waals surface area contributed by atoms with Gasteiger partial charge in [-0.2, -0.15) is 5.10 Å². The van der Waals surface area contributed by atoms with E-state index in [0.717, 1.165) is 17.9 Å². The number of nitrogens with two attached hydrogens (primary N) is 1. The number of aliphatic hydroxyl groups is 1. The summed E-state index contributed by atoms with van der Waals surface area (Å²) >= 11 is 0. The molecule has 0 amide bonds. The van der Waals surface area contributed by atoms with Crippen LogP contribution in [-0.4, -0.2) is 46.6 Å². The van der Waals surface area contributed by atoms with Gasteiger partial charge in [0.05, 0.1) is 31.6 Å². The number of likely N-dealkylation sites (N-methyl/N-ethyl adjacent to an activating group) is 1. The average molecular weight is 290 g/mol. The molecule has 1 aromatic carbocycles. The molecule has 0 spiro atoms. The van der Waals surface area contributed by atoms with E-state index >= 15 is 0 Å². The van der Waals surface area contributed by atoms with E-state index in [1.54, 1.807) is 24.2 Å². The van der Waals surface area contributed by atoms with Gasteiger partial charge in [-0.05, 0) is 24.7 Å². The van der Waals surface area contributed by atoms with Gasteiger partial charge in [0.1, 0.15) is 5.75 Å². The van der Waals surface area contributed by atoms with Gasteiger partial charge in [-0.3, -0.25) is 9.58 Å². The second-order valence-electron chi connectivity index (χ2n) is 5.20. The van der Waals surface area contributed by atoms with Gasteiger partial charge in [-0.25, -0.2) is 0 Å². The van der Waals surface area contributed by atoms with Crippen molar-refractivity contribution < 1.29 is 9.84 Å². The fraction of sp³-hybridized carbons (Fsp3) is 0.400. The van der Waals surface area contributed by atoms with Crippen molar-refractivity contribution in [2.45, 2.75) is 19.2 Å². The Balaban J connectivity index is 1.84. The quantitative estimate of drug-likeness (QED) is 0.794. The van der Waals surface area contributed by atoms with Crippen LogP contribution in [-0.2, 0) is 13.1 Å². The van der Waals surface area contributed by atoms with Gasteiger partial charge in [0.25, 0.3) is 0 Å². The SMILES string of the molecule is COc1cccc(CN(C)CC(O)Cn2cc(N)cn2)c1. The molecule has 1 heterocycles. The predicted octanol–water partition coefficient (Wildman–Crippen LogP) is 0.967. The molecule has 0 aliphatic heterocycles. The molecule has 0 bridgehead atoms. The van der Waals surface area contributed by atoms with Gasteiger partial charge in [0.2, 0.25) is 0 Å². The summed E-state index contributed by atoms with van der Waals surface area (Å²) in [5, 5.41) is 14.2. The van der Waals surface area contributed by atoms with Crippen molar-refractivity contribution in [1.29, 1.82) is 0 Å².